The van der Waals surface area contributed by atoms with Gasteiger partial charge in [-0.3, -0.25) is 19.6 Å². The van der Waals surface area contributed by atoms with E-state index >= 15 is 0 Å². The molecule has 2 heterocycles. The molecule has 2 N–H and O–H groups in total. The normalized spacial score (nSPS) is 8.57. The van der Waals surface area contributed by atoms with Crippen molar-refractivity contribution in [1.29, 1.82) is 0 Å². The lowest BCUT2D eigenvalue weighted by Crippen LogP contribution is -2.01. The van der Waals surface area contributed by atoms with Gasteiger partial charge in [0.15, 0.2) is 0 Å². The lowest BCUT2D eigenvalue weighted by atomic mass is 10.8. The first kappa shape index (κ1) is 9.85. The third kappa shape index (κ3) is 3.96. The average Bonchev–Trinajstić information content (AvgIpc) is 2.21. The molecule has 14 heavy (non-hydrogen) atoms. The molecule has 0 saturated carbocycles. The van der Waals surface area contributed by atoms with E-state index in [4.69, 9.17) is 0 Å². The van der Waals surface area contributed by atoms with E-state index in [1.54, 1.807) is 0 Å². The van der Waals surface area contributed by atoms with Crippen molar-refractivity contribution in [3.63, 3.8) is 0 Å². The van der Waals surface area contributed by atoms with Gasteiger partial charge in [-0.25, -0.2) is 0 Å². The summed E-state index contributed by atoms with van der Waals surface area (Å²) < 4.78 is 0. The average molecular weight is 192 g/mol. The number of H-pyrrole nitrogens is 2. The van der Waals surface area contributed by atoms with E-state index in [2.05, 4.69) is 19.9 Å². The van der Waals surface area contributed by atoms with Crippen LogP contribution in [0.4, 0.5) is 0 Å². The molecule has 0 aliphatic carbocycles. The Balaban J connectivity index is 0.000000140. The van der Waals surface area contributed by atoms with E-state index in [0.717, 1.165) is 0 Å². The molecule has 0 fully saturated rings. The highest BCUT2D eigenvalue weighted by molar-refractivity contribution is 4.73. The standard InChI is InChI=1S/2C4H4N2O/c2*7-4-3-5-1-2-6-4/h2*1-3H,(H,6,7). The second-order valence-corrected chi connectivity index (χ2v) is 2.20. The van der Waals surface area contributed by atoms with Gasteiger partial charge in [0.25, 0.3) is 11.1 Å². The summed E-state index contributed by atoms with van der Waals surface area (Å²) in [5, 5.41) is 0. The van der Waals surface area contributed by atoms with Gasteiger partial charge in [0.1, 0.15) is 0 Å². The van der Waals surface area contributed by atoms with E-state index in [9.17, 15) is 9.59 Å². The van der Waals surface area contributed by atoms with Crippen molar-refractivity contribution < 1.29 is 0 Å². The number of nitrogens with zero attached hydrogens (tertiary/aromatic N) is 2. The molecule has 6 nitrogen and oxygen atoms in total. The maximum atomic E-state index is 10.2. The maximum Gasteiger partial charge on any atom is 0.266 e. The van der Waals surface area contributed by atoms with Crippen molar-refractivity contribution in [3.05, 3.63) is 57.9 Å². The zero-order chi connectivity index (χ0) is 10.2. The Morgan fingerprint density at radius 3 is 1.43 bits per heavy atom. The largest absolute Gasteiger partial charge is 0.326 e. The zero-order valence-electron chi connectivity index (χ0n) is 7.18. The number of aromatic amines is 2. The Morgan fingerprint density at radius 1 is 0.857 bits per heavy atom. The molecule has 0 saturated heterocycles. The molecule has 2 aromatic heterocycles. The van der Waals surface area contributed by atoms with Gasteiger partial charge in [-0.1, -0.05) is 0 Å². The number of aromatic nitrogens is 4. The van der Waals surface area contributed by atoms with Crippen molar-refractivity contribution in [1.82, 2.24) is 19.9 Å². The van der Waals surface area contributed by atoms with Crippen molar-refractivity contribution in [2.45, 2.75) is 0 Å². The van der Waals surface area contributed by atoms with Gasteiger partial charge >= 0.3 is 0 Å². The Kier molecular flexibility index (Phi) is 3.81. The highest BCUT2D eigenvalue weighted by Crippen LogP contribution is 1.58. The molecule has 72 valence electrons. The maximum absolute atomic E-state index is 10.2. The number of nitrogens with one attached hydrogen (secondary N) is 2. The minimum absolute atomic E-state index is 0.164. The lowest BCUT2D eigenvalue weighted by molar-refractivity contribution is 1.14. The molecular weight excluding hydrogens is 184 g/mol. The van der Waals surface area contributed by atoms with Gasteiger partial charge in [-0.15, -0.1) is 0 Å². The van der Waals surface area contributed by atoms with Gasteiger partial charge in [-0.05, 0) is 0 Å². The molecule has 6 heteroatoms. The summed E-state index contributed by atoms with van der Waals surface area (Å²) in [5.41, 5.74) is -0.329. The summed E-state index contributed by atoms with van der Waals surface area (Å²) in [7, 11) is 0. The summed E-state index contributed by atoms with van der Waals surface area (Å²) in [6.45, 7) is 0. The fraction of sp³-hybridized carbons (Fsp3) is 0. The molecule has 0 unspecified atom stereocenters. The topological polar surface area (TPSA) is 91.5 Å². The number of hydrogen-bond acceptors (Lipinski definition) is 4. The SMILES string of the molecule is O=c1cncc[nH]1.O=c1cncc[nH]1. The first-order valence-electron chi connectivity index (χ1n) is 3.76. The van der Waals surface area contributed by atoms with Gasteiger partial charge in [0.05, 0.1) is 12.4 Å². The Morgan fingerprint density at radius 2 is 1.29 bits per heavy atom. The van der Waals surface area contributed by atoms with E-state index in [-0.39, 0.29) is 11.1 Å². The van der Waals surface area contributed by atoms with E-state index < -0.39 is 0 Å². The molecule has 0 amide bonds. The predicted molar refractivity (Wildman–Crippen MR) is 49.7 cm³/mol. The smallest absolute Gasteiger partial charge is 0.266 e. The highest BCUT2D eigenvalue weighted by atomic mass is 16.1. The Labute approximate surface area is 78.7 Å². The van der Waals surface area contributed by atoms with Gasteiger partial charge in [-0.2, -0.15) is 0 Å². The summed E-state index contributed by atoms with van der Waals surface area (Å²) in [6.07, 6.45) is 8.45. The van der Waals surface area contributed by atoms with Crippen LogP contribution in [0.2, 0.25) is 0 Å². The van der Waals surface area contributed by atoms with Gasteiger partial charge in [0, 0.05) is 24.8 Å². The first-order chi connectivity index (χ1) is 6.79. The quantitative estimate of drug-likeness (QED) is 0.590. The van der Waals surface area contributed by atoms with Crippen molar-refractivity contribution in [2.75, 3.05) is 0 Å². The molecule has 0 spiro atoms. The minimum atomic E-state index is -0.164. The Hall–Kier alpha value is -2.24. The van der Waals surface area contributed by atoms with Crippen LogP contribution in [-0.4, -0.2) is 19.9 Å². The van der Waals surface area contributed by atoms with E-state index in [1.807, 2.05) is 0 Å². The summed E-state index contributed by atoms with van der Waals surface area (Å²) >= 11 is 0. The van der Waals surface area contributed by atoms with Crippen LogP contribution >= 0.6 is 0 Å². The zero-order valence-corrected chi connectivity index (χ0v) is 7.18. The predicted octanol–water partition coefficient (Wildman–Crippen LogP) is -0.460. The number of hydrogen-bond donors (Lipinski definition) is 2. The van der Waals surface area contributed by atoms with Crippen LogP contribution in [0, 0.1) is 0 Å². The van der Waals surface area contributed by atoms with Crippen LogP contribution in [0.15, 0.2) is 46.8 Å². The molecular formula is C8H8N4O2. The fourth-order valence-electron chi connectivity index (χ4n) is 0.621. The summed E-state index contributed by atoms with van der Waals surface area (Å²) in [5.74, 6) is 0. The molecule has 0 bridgehead atoms. The monoisotopic (exact) mass is 192 g/mol. The third-order valence-corrected chi connectivity index (χ3v) is 1.16. The van der Waals surface area contributed by atoms with Crippen molar-refractivity contribution in [3.8, 4) is 0 Å². The number of rotatable bonds is 0. The third-order valence-electron chi connectivity index (χ3n) is 1.16. The van der Waals surface area contributed by atoms with Crippen molar-refractivity contribution >= 4 is 0 Å². The molecule has 0 aliphatic heterocycles. The first-order valence-corrected chi connectivity index (χ1v) is 3.76. The molecule has 0 atom stereocenters. The van der Waals surface area contributed by atoms with Crippen LogP contribution in [0.1, 0.15) is 0 Å². The van der Waals surface area contributed by atoms with Gasteiger partial charge in [0.2, 0.25) is 0 Å². The lowest BCUT2D eigenvalue weighted by Gasteiger charge is -1.73. The van der Waals surface area contributed by atoms with Crippen LogP contribution in [0.3, 0.4) is 0 Å². The van der Waals surface area contributed by atoms with Crippen molar-refractivity contribution in [2.24, 2.45) is 0 Å². The molecule has 2 rings (SSSR count). The van der Waals surface area contributed by atoms with Crippen LogP contribution in [0.25, 0.3) is 0 Å². The Bertz CT molecular complexity index is 396. The fourth-order valence-corrected chi connectivity index (χ4v) is 0.621. The van der Waals surface area contributed by atoms with E-state index in [0.29, 0.717) is 0 Å². The van der Waals surface area contributed by atoms with Gasteiger partial charge < -0.3 is 9.97 Å². The molecule has 2 aromatic rings. The van der Waals surface area contributed by atoms with E-state index in [1.165, 1.54) is 37.2 Å². The van der Waals surface area contributed by atoms with Crippen LogP contribution < -0.4 is 11.1 Å². The second kappa shape index (κ2) is 5.41. The second-order valence-electron chi connectivity index (χ2n) is 2.20. The highest BCUT2D eigenvalue weighted by Gasteiger charge is 1.71. The summed E-state index contributed by atoms with van der Waals surface area (Å²) in [4.78, 5) is 32.2. The summed E-state index contributed by atoms with van der Waals surface area (Å²) in [6, 6.07) is 0. The minimum Gasteiger partial charge on any atom is -0.326 e. The van der Waals surface area contributed by atoms with Crippen LogP contribution in [0.5, 0.6) is 0 Å². The molecule has 0 radical (unpaired) electrons. The molecule has 0 aromatic carbocycles. The molecule has 0 aliphatic rings. The van der Waals surface area contributed by atoms with Crippen LogP contribution in [-0.2, 0) is 0 Å².